The van der Waals surface area contributed by atoms with Gasteiger partial charge in [0.1, 0.15) is 0 Å². The molecule has 1 aromatic rings. The predicted octanol–water partition coefficient (Wildman–Crippen LogP) is 2.39. The van der Waals surface area contributed by atoms with Crippen LogP contribution in [0.2, 0.25) is 0 Å². The van der Waals surface area contributed by atoms with Crippen molar-refractivity contribution in [3.8, 4) is 5.88 Å². The van der Waals surface area contributed by atoms with Gasteiger partial charge in [-0.3, -0.25) is 4.79 Å². The first kappa shape index (κ1) is 13.6. The highest BCUT2D eigenvalue weighted by atomic mass is 35.5. The number of pyridine rings is 1. The zero-order valence-corrected chi connectivity index (χ0v) is 9.67. The van der Waals surface area contributed by atoms with Gasteiger partial charge in [-0.2, -0.15) is 0 Å². The Balaban J connectivity index is 3.28. The van der Waals surface area contributed by atoms with Crippen LogP contribution in [0.5, 0.6) is 5.88 Å². The Morgan fingerprint density at radius 3 is 2.71 bits per heavy atom. The van der Waals surface area contributed by atoms with E-state index in [1.807, 2.05) is 0 Å². The van der Waals surface area contributed by atoms with E-state index >= 15 is 0 Å². The number of methoxy groups -OCH3 is 1. The standard InChI is InChI=1S/C10H10ClF2NO3/c1-17-10-6(9(12)13)2-5(3-8(15)16)7(4-11)14-10/h2,9H,3-4H2,1H3,(H,15,16). The van der Waals surface area contributed by atoms with Gasteiger partial charge in [-0.25, -0.2) is 13.8 Å². The van der Waals surface area contributed by atoms with Gasteiger partial charge >= 0.3 is 5.97 Å². The van der Waals surface area contributed by atoms with Crippen molar-refractivity contribution in [2.24, 2.45) is 0 Å². The molecule has 0 saturated carbocycles. The number of ether oxygens (including phenoxy) is 1. The van der Waals surface area contributed by atoms with Gasteiger partial charge in [0.2, 0.25) is 5.88 Å². The summed E-state index contributed by atoms with van der Waals surface area (Å²) in [6, 6.07) is 1.07. The molecule has 0 spiro atoms. The summed E-state index contributed by atoms with van der Waals surface area (Å²) in [6.07, 6.45) is -3.19. The van der Waals surface area contributed by atoms with Crippen molar-refractivity contribution in [2.45, 2.75) is 18.7 Å². The predicted molar refractivity (Wildman–Crippen MR) is 56.6 cm³/mol. The van der Waals surface area contributed by atoms with Gasteiger partial charge in [0.15, 0.2) is 0 Å². The van der Waals surface area contributed by atoms with Crippen LogP contribution in [-0.4, -0.2) is 23.2 Å². The lowest BCUT2D eigenvalue weighted by Gasteiger charge is -2.11. The molecule has 1 N–H and O–H groups in total. The van der Waals surface area contributed by atoms with E-state index in [0.717, 1.165) is 6.07 Å². The molecule has 1 rings (SSSR count). The summed E-state index contributed by atoms with van der Waals surface area (Å²) in [5.74, 6) is -1.43. The van der Waals surface area contributed by atoms with Crippen molar-refractivity contribution >= 4 is 17.6 Å². The van der Waals surface area contributed by atoms with E-state index in [2.05, 4.69) is 4.98 Å². The molecule has 1 aromatic heterocycles. The van der Waals surface area contributed by atoms with E-state index in [9.17, 15) is 13.6 Å². The number of carbonyl (C=O) groups is 1. The third-order valence-electron chi connectivity index (χ3n) is 2.08. The Kier molecular flexibility index (Phi) is 4.62. The van der Waals surface area contributed by atoms with Crippen LogP contribution >= 0.6 is 11.6 Å². The fourth-order valence-electron chi connectivity index (χ4n) is 1.34. The SMILES string of the molecule is COc1nc(CCl)c(CC(=O)O)cc1C(F)F. The minimum atomic E-state index is -2.78. The molecule has 4 nitrogen and oxygen atoms in total. The van der Waals surface area contributed by atoms with E-state index in [1.54, 1.807) is 0 Å². The maximum Gasteiger partial charge on any atom is 0.307 e. The molecule has 0 saturated heterocycles. The molecule has 94 valence electrons. The van der Waals surface area contributed by atoms with Crippen molar-refractivity contribution in [1.82, 2.24) is 4.98 Å². The number of carboxylic acid groups (broad SMARTS) is 1. The first-order valence-electron chi connectivity index (χ1n) is 4.62. The average Bonchev–Trinajstić information content (AvgIpc) is 2.27. The molecule has 0 aliphatic rings. The van der Waals surface area contributed by atoms with Gasteiger partial charge in [0.25, 0.3) is 6.43 Å². The zero-order chi connectivity index (χ0) is 13.0. The third kappa shape index (κ3) is 3.26. The third-order valence-corrected chi connectivity index (χ3v) is 2.33. The number of hydrogen-bond donors (Lipinski definition) is 1. The smallest absolute Gasteiger partial charge is 0.307 e. The lowest BCUT2D eigenvalue weighted by molar-refractivity contribution is -0.136. The Hall–Kier alpha value is -1.43. The number of aliphatic carboxylic acids is 1. The summed E-state index contributed by atoms with van der Waals surface area (Å²) < 4.78 is 30.0. The minimum absolute atomic E-state index is 0.0670. The van der Waals surface area contributed by atoms with E-state index in [4.69, 9.17) is 21.4 Å². The average molecular weight is 266 g/mol. The van der Waals surface area contributed by atoms with Crippen molar-refractivity contribution in [3.63, 3.8) is 0 Å². The number of nitrogens with zero attached hydrogens (tertiary/aromatic N) is 1. The lowest BCUT2D eigenvalue weighted by Crippen LogP contribution is -2.08. The highest BCUT2D eigenvalue weighted by Crippen LogP contribution is 2.30. The Morgan fingerprint density at radius 2 is 2.29 bits per heavy atom. The summed E-state index contributed by atoms with van der Waals surface area (Å²) in [7, 11) is 1.21. The maximum absolute atomic E-state index is 12.7. The molecule has 17 heavy (non-hydrogen) atoms. The fraction of sp³-hybridized carbons (Fsp3) is 0.400. The quantitative estimate of drug-likeness (QED) is 0.831. The molecule has 0 unspecified atom stereocenters. The summed E-state index contributed by atoms with van der Waals surface area (Å²) >= 11 is 5.58. The number of aromatic nitrogens is 1. The fourth-order valence-corrected chi connectivity index (χ4v) is 1.57. The second kappa shape index (κ2) is 5.77. The van der Waals surface area contributed by atoms with Gasteiger partial charge in [0.05, 0.1) is 30.7 Å². The van der Waals surface area contributed by atoms with Crippen LogP contribution in [0.15, 0.2) is 6.07 Å². The van der Waals surface area contributed by atoms with Crippen LogP contribution in [0.4, 0.5) is 8.78 Å². The van der Waals surface area contributed by atoms with Crippen LogP contribution < -0.4 is 4.74 Å². The van der Waals surface area contributed by atoms with Crippen LogP contribution in [-0.2, 0) is 17.1 Å². The number of hydrogen-bond acceptors (Lipinski definition) is 3. The van der Waals surface area contributed by atoms with E-state index in [-0.39, 0.29) is 23.0 Å². The van der Waals surface area contributed by atoms with Gasteiger partial charge in [-0.1, -0.05) is 0 Å². The van der Waals surface area contributed by atoms with Gasteiger partial charge in [-0.15, -0.1) is 11.6 Å². The Morgan fingerprint density at radius 1 is 1.65 bits per heavy atom. The zero-order valence-electron chi connectivity index (χ0n) is 8.91. The molecular formula is C10H10ClF2NO3. The minimum Gasteiger partial charge on any atom is -0.481 e. The molecule has 0 aliphatic heterocycles. The Labute approximate surface area is 101 Å². The molecule has 7 heteroatoms. The van der Waals surface area contributed by atoms with Crippen molar-refractivity contribution in [1.29, 1.82) is 0 Å². The molecule has 0 fully saturated rings. The molecule has 0 atom stereocenters. The van der Waals surface area contributed by atoms with Crippen LogP contribution in [0.25, 0.3) is 0 Å². The molecule has 0 aliphatic carbocycles. The van der Waals surface area contributed by atoms with E-state index in [0.29, 0.717) is 0 Å². The van der Waals surface area contributed by atoms with Crippen molar-refractivity contribution < 1.29 is 23.4 Å². The number of halogens is 3. The molecule has 0 bridgehead atoms. The molecule has 0 amide bonds. The summed E-state index contributed by atoms with van der Waals surface area (Å²) in [4.78, 5) is 14.4. The molecule has 0 radical (unpaired) electrons. The van der Waals surface area contributed by atoms with Gasteiger partial charge in [0, 0.05) is 0 Å². The van der Waals surface area contributed by atoms with E-state index in [1.165, 1.54) is 7.11 Å². The summed E-state index contributed by atoms with van der Waals surface area (Å²) in [5, 5.41) is 8.65. The van der Waals surface area contributed by atoms with Gasteiger partial charge < -0.3 is 9.84 Å². The summed E-state index contributed by atoms with van der Waals surface area (Å²) in [6.45, 7) is 0. The monoisotopic (exact) mass is 265 g/mol. The number of carboxylic acids is 1. The highest BCUT2D eigenvalue weighted by molar-refractivity contribution is 6.17. The van der Waals surface area contributed by atoms with Crippen LogP contribution in [0, 0.1) is 0 Å². The Bertz CT molecular complexity index is 426. The van der Waals surface area contributed by atoms with Gasteiger partial charge in [-0.05, 0) is 11.6 Å². The summed E-state index contributed by atoms with van der Waals surface area (Å²) in [5.41, 5.74) is -0.0310. The largest absolute Gasteiger partial charge is 0.481 e. The second-order valence-electron chi connectivity index (χ2n) is 3.20. The van der Waals surface area contributed by atoms with Crippen LogP contribution in [0.3, 0.4) is 0 Å². The topological polar surface area (TPSA) is 59.4 Å². The maximum atomic E-state index is 12.7. The van der Waals surface area contributed by atoms with Crippen molar-refractivity contribution in [3.05, 3.63) is 22.9 Å². The number of alkyl halides is 3. The molecular weight excluding hydrogens is 256 g/mol. The molecule has 0 aromatic carbocycles. The highest BCUT2D eigenvalue weighted by Gasteiger charge is 2.19. The number of rotatable bonds is 5. The normalized spacial score (nSPS) is 10.6. The van der Waals surface area contributed by atoms with Crippen LogP contribution in [0.1, 0.15) is 23.2 Å². The first-order chi connectivity index (χ1) is 7.99. The first-order valence-corrected chi connectivity index (χ1v) is 5.15. The molecule has 1 heterocycles. The lowest BCUT2D eigenvalue weighted by atomic mass is 10.1. The van der Waals surface area contributed by atoms with E-state index < -0.39 is 24.4 Å². The van der Waals surface area contributed by atoms with Crippen molar-refractivity contribution in [2.75, 3.05) is 7.11 Å². The second-order valence-corrected chi connectivity index (χ2v) is 3.46.